The van der Waals surface area contributed by atoms with E-state index in [1.54, 1.807) is 23.5 Å². The second-order valence-electron chi connectivity index (χ2n) is 13.7. The maximum absolute atomic E-state index is 14.1. The Kier molecular flexibility index (Phi) is 7.19. The van der Waals surface area contributed by atoms with Crippen LogP contribution < -0.4 is 0 Å². The number of furan rings is 1. The van der Waals surface area contributed by atoms with Gasteiger partial charge in [0.1, 0.15) is 17.0 Å². The molecule has 3 heterocycles. The molecule has 0 atom stereocenters. The van der Waals surface area contributed by atoms with E-state index in [1.807, 2.05) is 42.5 Å². The number of hydrogen-bond acceptors (Lipinski definition) is 5. The van der Waals surface area contributed by atoms with Crippen LogP contribution in [0.4, 0.5) is 4.39 Å². The molecule has 0 fully saturated rings. The Labute approximate surface area is 318 Å². The number of halogens is 1. The molecule has 3 aromatic heterocycles. The van der Waals surface area contributed by atoms with Gasteiger partial charge in [-0.3, -0.25) is 0 Å². The van der Waals surface area contributed by atoms with E-state index < -0.39 is 0 Å². The zero-order valence-electron chi connectivity index (χ0n) is 29.2. The highest BCUT2D eigenvalue weighted by Crippen LogP contribution is 2.43. The lowest BCUT2D eigenvalue weighted by atomic mass is 9.95. The lowest BCUT2D eigenvalue weighted by Crippen LogP contribution is -2.01. The minimum absolute atomic E-state index is 0.284. The third-order valence-corrected chi connectivity index (χ3v) is 11.6. The minimum atomic E-state index is -0.284. The van der Waals surface area contributed by atoms with E-state index in [0.717, 1.165) is 77.0 Å². The zero-order chi connectivity index (χ0) is 36.5. The lowest BCUT2D eigenvalue weighted by Gasteiger charge is -2.13. The van der Waals surface area contributed by atoms with Crippen molar-refractivity contribution in [2.24, 2.45) is 0 Å². The van der Waals surface area contributed by atoms with Gasteiger partial charge in [-0.15, -0.1) is 11.3 Å². The standard InChI is InChI=1S/C49H28FN3OS/c50-32-24-21-30(22-25-32)33-13-4-7-16-36(33)48-51-47(52-49(53-48)38-18-10-20-44-45(38)37-17-8-9-19-43(37)55-44)31-23-26-42-40(27-31)41-28-39(29-11-2-1-3-12-29)34-14-5-6-15-35(34)46(41)54-42/h1-28H. The van der Waals surface area contributed by atoms with Crippen LogP contribution in [-0.4, -0.2) is 15.0 Å². The number of thiophene rings is 1. The molecule has 6 heteroatoms. The average Bonchev–Trinajstić information content (AvgIpc) is 3.82. The van der Waals surface area contributed by atoms with Gasteiger partial charge in [-0.05, 0) is 76.2 Å². The van der Waals surface area contributed by atoms with Gasteiger partial charge < -0.3 is 4.42 Å². The number of rotatable bonds is 5. The Balaban J connectivity index is 1.17. The Bertz CT molecular complexity index is 3280. The van der Waals surface area contributed by atoms with Crippen molar-refractivity contribution in [1.29, 1.82) is 0 Å². The first-order valence-corrected chi connectivity index (χ1v) is 18.9. The first-order chi connectivity index (χ1) is 27.2. The maximum Gasteiger partial charge on any atom is 0.164 e. The number of benzene rings is 8. The van der Waals surface area contributed by atoms with E-state index in [2.05, 4.69) is 103 Å². The Morgan fingerprint density at radius 3 is 1.85 bits per heavy atom. The Hall–Kier alpha value is -7.02. The molecule has 8 aromatic carbocycles. The molecule has 11 rings (SSSR count). The number of hydrogen-bond donors (Lipinski definition) is 0. The molecular formula is C49H28FN3OS. The summed E-state index contributed by atoms with van der Waals surface area (Å²) in [5, 5.41) is 6.50. The van der Waals surface area contributed by atoms with Crippen LogP contribution in [0, 0.1) is 5.82 Å². The molecule has 55 heavy (non-hydrogen) atoms. The molecule has 0 N–H and O–H groups in total. The summed E-state index contributed by atoms with van der Waals surface area (Å²) in [4.78, 5) is 15.6. The molecule has 0 amide bonds. The molecule has 0 bridgehead atoms. The fourth-order valence-electron chi connectivity index (χ4n) is 7.86. The van der Waals surface area contributed by atoms with E-state index in [9.17, 15) is 4.39 Å². The highest BCUT2D eigenvalue weighted by Gasteiger charge is 2.20. The predicted molar refractivity (Wildman–Crippen MR) is 225 cm³/mol. The highest BCUT2D eigenvalue weighted by atomic mass is 32.1. The Morgan fingerprint density at radius 1 is 0.400 bits per heavy atom. The van der Waals surface area contributed by atoms with Crippen LogP contribution in [-0.2, 0) is 0 Å². The van der Waals surface area contributed by atoms with Gasteiger partial charge in [-0.25, -0.2) is 19.3 Å². The van der Waals surface area contributed by atoms with Crippen LogP contribution in [0.3, 0.4) is 0 Å². The molecule has 11 aromatic rings. The molecule has 0 aliphatic carbocycles. The quantitative estimate of drug-likeness (QED) is 0.177. The lowest BCUT2D eigenvalue weighted by molar-refractivity contribution is 0.628. The van der Waals surface area contributed by atoms with E-state index in [0.29, 0.717) is 17.5 Å². The fraction of sp³-hybridized carbons (Fsp3) is 0. The van der Waals surface area contributed by atoms with Gasteiger partial charge in [0.2, 0.25) is 0 Å². The summed E-state index contributed by atoms with van der Waals surface area (Å²) in [6.07, 6.45) is 0. The van der Waals surface area contributed by atoms with Crippen LogP contribution in [0.5, 0.6) is 0 Å². The van der Waals surface area contributed by atoms with Crippen LogP contribution in [0.1, 0.15) is 0 Å². The number of nitrogens with zero attached hydrogens (tertiary/aromatic N) is 3. The summed E-state index contributed by atoms with van der Waals surface area (Å²) in [6.45, 7) is 0. The van der Waals surface area contributed by atoms with E-state index in [1.165, 1.54) is 26.9 Å². The van der Waals surface area contributed by atoms with Crippen LogP contribution >= 0.6 is 11.3 Å². The molecule has 0 aliphatic heterocycles. The second kappa shape index (κ2) is 12.5. The largest absolute Gasteiger partial charge is 0.455 e. The molecule has 0 spiro atoms. The van der Waals surface area contributed by atoms with Crippen LogP contribution in [0.25, 0.3) is 109 Å². The van der Waals surface area contributed by atoms with Crippen molar-refractivity contribution < 1.29 is 8.81 Å². The van der Waals surface area contributed by atoms with Gasteiger partial charge in [-0.2, -0.15) is 0 Å². The monoisotopic (exact) mass is 725 g/mol. The predicted octanol–water partition coefficient (Wildman–Crippen LogP) is 13.8. The smallest absolute Gasteiger partial charge is 0.164 e. The van der Waals surface area contributed by atoms with Gasteiger partial charge in [0, 0.05) is 53.0 Å². The summed E-state index contributed by atoms with van der Waals surface area (Å²) in [7, 11) is 0. The van der Waals surface area contributed by atoms with Crippen molar-refractivity contribution >= 4 is 64.2 Å². The van der Waals surface area contributed by atoms with Gasteiger partial charge in [0.05, 0.1) is 0 Å². The maximum atomic E-state index is 14.1. The molecule has 4 nitrogen and oxygen atoms in total. The first kappa shape index (κ1) is 31.5. The van der Waals surface area contributed by atoms with Crippen molar-refractivity contribution in [1.82, 2.24) is 15.0 Å². The molecular weight excluding hydrogens is 698 g/mol. The van der Waals surface area contributed by atoms with Crippen molar-refractivity contribution in [3.8, 4) is 56.4 Å². The van der Waals surface area contributed by atoms with E-state index in [-0.39, 0.29) is 5.82 Å². The molecule has 0 saturated heterocycles. The SMILES string of the molecule is Fc1ccc(-c2ccccc2-c2nc(-c3ccc4oc5c6ccccc6c(-c6ccccc6)cc5c4c3)nc(-c3cccc4sc5ccccc5c34)n2)cc1. The second-order valence-corrected chi connectivity index (χ2v) is 14.7. The van der Waals surface area contributed by atoms with Gasteiger partial charge >= 0.3 is 0 Å². The van der Waals surface area contributed by atoms with Gasteiger partial charge in [-0.1, -0.05) is 121 Å². The summed E-state index contributed by atoms with van der Waals surface area (Å²) < 4.78 is 23.0. The summed E-state index contributed by atoms with van der Waals surface area (Å²) in [5.41, 5.74) is 8.33. The highest BCUT2D eigenvalue weighted by molar-refractivity contribution is 7.25. The van der Waals surface area contributed by atoms with Crippen molar-refractivity contribution in [2.45, 2.75) is 0 Å². The topological polar surface area (TPSA) is 51.8 Å². The molecule has 0 unspecified atom stereocenters. The van der Waals surface area contributed by atoms with Gasteiger partial charge in [0.15, 0.2) is 17.5 Å². The number of fused-ring (bicyclic) bond motifs is 8. The first-order valence-electron chi connectivity index (χ1n) is 18.1. The third-order valence-electron chi connectivity index (χ3n) is 10.4. The zero-order valence-corrected chi connectivity index (χ0v) is 30.0. The van der Waals surface area contributed by atoms with Crippen molar-refractivity contribution in [2.75, 3.05) is 0 Å². The summed E-state index contributed by atoms with van der Waals surface area (Å²) in [5.74, 6) is 1.38. The van der Waals surface area contributed by atoms with Gasteiger partial charge in [0.25, 0.3) is 0 Å². The van der Waals surface area contributed by atoms with Crippen molar-refractivity contribution in [3.05, 3.63) is 176 Å². The third kappa shape index (κ3) is 5.22. The molecule has 258 valence electrons. The molecule has 0 radical (unpaired) electrons. The van der Waals surface area contributed by atoms with E-state index >= 15 is 0 Å². The molecule has 0 aliphatic rings. The van der Waals surface area contributed by atoms with Crippen LogP contribution in [0.2, 0.25) is 0 Å². The van der Waals surface area contributed by atoms with Crippen molar-refractivity contribution in [3.63, 3.8) is 0 Å². The fourth-order valence-corrected chi connectivity index (χ4v) is 8.99. The average molecular weight is 726 g/mol. The Morgan fingerprint density at radius 2 is 1.02 bits per heavy atom. The summed E-state index contributed by atoms with van der Waals surface area (Å²) >= 11 is 1.76. The molecule has 0 saturated carbocycles. The normalized spacial score (nSPS) is 11.7. The minimum Gasteiger partial charge on any atom is -0.455 e. The number of aromatic nitrogens is 3. The summed E-state index contributed by atoms with van der Waals surface area (Å²) in [6, 6.07) is 56.7. The van der Waals surface area contributed by atoms with E-state index in [4.69, 9.17) is 19.4 Å². The van der Waals surface area contributed by atoms with Crippen LogP contribution in [0.15, 0.2) is 174 Å².